The molecule has 198 valence electrons. The molecule has 3 aromatic rings. The molecule has 0 radical (unpaired) electrons. The van der Waals surface area contributed by atoms with E-state index in [-0.39, 0.29) is 11.1 Å². The van der Waals surface area contributed by atoms with Crippen LogP contribution in [0.5, 0.6) is 17.2 Å². The number of Topliss-reactive ketones (excluding diaryl/α,β-unsaturated/α-hetero) is 1. The highest BCUT2D eigenvalue weighted by atomic mass is 16.6. The monoisotopic (exact) mass is 517 g/mol. The number of ketones is 1. The number of carbonyl (C=O) groups is 2. The van der Waals surface area contributed by atoms with Crippen LogP contribution in [-0.4, -0.2) is 47.9 Å². The number of hydrogen-bond donors (Lipinski definition) is 1. The highest BCUT2D eigenvalue weighted by Gasteiger charge is 2.44. The molecule has 5 rings (SSSR count). The molecule has 1 amide bonds. The van der Waals surface area contributed by atoms with Gasteiger partial charge in [-0.3, -0.25) is 14.6 Å². The number of ether oxygens (including phenoxy) is 3. The zero-order valence-electron chi connectivity index (χ0n) is 21.4. The van der Waals surface area contributed by atoms with Crippen molar-refractivity contribution in [2.24, 2.45) is 0 Å². The van der Waals surface area contributed by atoms with Crippen molar-refractivity contribution in [1.82, 2.24) is 9.88 Å². The van der Waals surface area contributed by atoms with Gasteiger partial charge >= 0.3 is 0 Å². The molecule has 2 aliphatic rings. The molecule has 0 saturated carbocycles. The van der Waals surface area contributed by atoms with Gasteiger partial charge < -0.3 is 24.2 Å². The molecule has 0 spiro atoms. The van der Waals surface area contributed by atoms with E-state index in [4.69, 9.17) is 14.2 Å². The summed E-state index contributed by atoms with van der Waals surface area (Å²) in [5, 5.41) is 13.8. The number of aromatic amines is 1. The smallest absolute Gasteiger partial charge is 0.295 e. The van der Waals surface area contributed by atoms with Crippen molar-refractivity contribution in [1.29, 1.82) is 0 Å². The maximum absolute atomic E-state index is 13.8. The van der Waals surface area contributed by atoms with E-state index in [0.717, 1.165) is 12.8 Å². The van der Waals surface area contributed by atoms with Gasteiger partial charge in [-0.05, 0) is 41.8 Å². The molecule has 9 heteroatoms. The lowest BCUT2D eigenvalue weighted by Gasteiger charge is -2.28. The standard InChI is InChI=1S/C29H31N3O6/c1-2-3-15-36-22-8-5-20(6-9-22)26-25(27(33)21-7-10-23-24(18-21)38-17-16-37-23)28(34)29(35)32(26)13-4-12-31-14-11-30-19-31/h5-11,14,18-19,26H,2-4,12-13,15-17H2,1H3,(H,33,34). The number of aromatic nitrogens is 2. The number of nitrogens with one attached hydrogen (secondary N) is 1. The zero-order chi connectivity index (χ0) is 26.5. The molecule has 1 fully saturated rings. The Morgan fingerprint density at radius 1 is 1.11 bits per heavy atom. The molecule has 0 bridgehead atoms. The summed E-state index contributed by atoms with van der Waals surface area (Å²) in [6, 6.07) is 11.3. The van der Waals surface area contributed by atoms with Crippen molar-refractivity contribution < 1.29 is 33.5 Å². The van der Waals surface area contributed by atoms with Gasteiger partial charge in [0.25, 0.3) is 5.91 Å². The van der Waals surface area contributed by atoms with Gasteiger partial charge in [-0.15, -0.1) is 0 Å². The minimum Gasteiger partial charge on any atom is -0.872 e. The third-order valence-corrected chi connectivity index (χ3v) is 6.71. The average Bonchev–Trinajstić information content (AvgIpc) is 3.55. The van der Waals surface area contributed by atoms with Crippen LogP contribution in [0.4, 0.5) is 0 Å². The first-order valence-electron chi connectivity index (χ1n) is 13.0. The van der Waals surface area contributed by atoms with Gasteiger partial charge in [0.05, 0.1) is 19.2 Å². The topological polar surface area (TPSA) is 108 Å². The number of aryl methyl sites for hydroxylation is 1. The van der Waals surface area contributed by atoms with Crippen LogP contribution in [0, 0.1) is 0 Å². The van der Waals surface area contributed by atoms with Crippen molar-refractivity contribution in [3.63, 3.8) is 0 Å². The van der Waals surface area contributed by atoms with Crippen molar-refractivity contribution in [3.8, 4) is 17.2 Å². The summed E-state index contributed by atoms with van der Waals surface area (Å²) in [5.74, 6) is -0.231. The molecule has 1 unspecified atom stereocenters. The first-order chi connectivity index (χ1) is 18.6. The second-order valence-electron chi connectivity index (χ2n) is 9.31. The van der Waals surface area contributed by atoms with Crippen molar-refractivity contribution in [3.05, 3.63) is 77.9 Å². The Kier molecular flexibility index (Phi) is 7.62. The van der Waals surface area contributed by atoms with E-state index in [9.17, 15) is 14.7 Å². The van der Waals surface area contributed by atoms with Crippen LogP contribution in [0.25, 0.3) is 5.76 Å². The van der Waals surface area contributed by atoms with Crippen LogP contribution in [0.15, 0.2) is 66.8 Å². The lowest BCUT2D eigenvalue weighted by Crippen LogP contribution is -2.36. The maximum atomic E-state index is 13.8. The molecule has 1 saturated heterocycles. The molecule has 9 nitrogen and oxygen atoms in total. The molecule has 1 atom stereocenters. The van der Waals surface area contributed by atoms with Crippen molar-refractivity contribution >= 4 is 17.4 Å². The van der Waals surface area contributed by atoms with E-state index >= 15 is 0 Å². The predicted octanol–water partition coefficient (Wildman–Crippen LogP) is 2.57. The molecule has 2 aliphatic heterocycles. The van der Waals surface area contributed by atoms with E-state index < -0.39 is 23.5 Å². The number of hydrogen-bond acceptors (Lipinski definition) is 6. The van der Waals surface area contributed by atoms with Crippen LogP contribution < -0.4 is 23.9 Å². The van der Waals surface area contributed by atoms with Crippen molar-refractivity contribution in [2.45, 2.75) is 38.8 Å². The summed E-state index contributed by atoms with van der Waals surface area (Å²) in [4.78, 5) is 31.0. The fourth-order valence-corrected chi connectivity index (χ4v) is 4.75. The summed E-state index contributed by atoms with van der Waals surface area (Å²) < 4.78 is 18.9. The third kappa shape index (κ3) is 5.22. The van der Waals surface area contributed by atoms with Crippen LogP contribution in [-0.2, 0) is 16.1 Å². The Bertz CT molecular complexity index is 1320. The van der Waals surface area contributed by atoms with Crippen molar-refractivity contribution in [2.75, 3.05) is 26.4 Å². The fourth-order valence-electron chi connectivity index (χ4n) is 4.75. The summed E-state index contributed by atoms with van der Waals surface area (Å²) in [6.07, 6.45) is 8.13. The van der Waals surface area contributed by atoms with Gasteiger partial charge in [0.15, 0.2) is 11.5 Å². The van der Waals surface area contributed by atoms with Crippen LogP contribution in [0.1, 0.15) is 43.4 Å². The molecular formula is C29H31N3O6. The quantitative estimate of drug-likeness (QED) is 0.146. The van der Waals surface area contributed by atoms with E-state index in [0.29, 0.717) is 62.1 Å². The Morgan fingerprint density at radius 2 is 1.89 bits per heavy atom. The number of H-pyrrole nitrogens is 1. The number of benzene rings is 2. The van der Waals surface area contributed by atoms with Crippen LogP contribution in [0.3, 0.4) is 0 Å². The predicted molar refractivity (Wildman–Crippen MR) is 136 cm³/mol. The lowest BCUT2D eigenvalue weighted by atomic mass is 9.95. The maximum Gasteiger partial charge on any atom is 0.295 e. The fraction of sp³-hybridized carbons (Fsp3) is 0.345. The number of nitrogens with zero attached hydrogens (tertiary/aromatic N) is 2. The number of unbranched alkanes of at least 4 members (excludes halogenated alkanes) is 1. The Hall–Kier alpha value is -4.27. The summed E-state index contributed by atoms with van der Waals surface area (Å²) in [7, 11) is 0. The Labute approximate surface area is 221 Å². The Balaban J connectivity index is 1.48. The van der Waals surface area contributed by atoms with E-state index in [2.05, 4.69) is 11.9 Å². The van der Waals surface area contributed by atoms with Gasteiger partial charge in [0.1, 0.15) is 31.4 Å². The van der Waals surface area contributed by atoms with Gasteiger partial charge in [-0.1, -0.05) is 37.3 Å². The number of fused-ring (bicyclic) bond motifs is 1. The second-order valence-corrected chi connectivity index (χ2v) is 9.31. The molecule has 1 aromatic heterocycles. The zero-order valence-corrected chi connectivity index (χ0v) is 21.4. The first kappa shape index (κ1) is 25.4. The summed E-state index contributed by atoms with van der Waals surface area (Å²) >= 11 is 0. The minimum absolute atomic E-state index is 0.0550. The van der Waals surface area contributed by atoms with Gasteiger partial charge in [-0.2, -0.15) is 0 Å². The van der Waals surface area contributed by atoms with E-state index in [1.807, 2.05) is 47.6 Å². The number of likely N-dealkylation sites (tertiary alicyclic amines) is 1. The van der Waals surface area contributed by atoms with Crippen LogP contribution >= 0.6 is 0 Å². The summed E-state index contributed by atoms with van der Waals surface area (Å²) in [6.45, 7) is 4.49. The minimum atomic E-state index is -0.795. The lowest BCUT2D eigenvalue weighted by molar-refractivity contribution is -0.695. The van der Waals surface area contributed by atoms with Gasteiger partial charge in [0, 0.05) is 18.5 Å². The largest absolute Gasteiger partial charge is 0.872 e. The van der Waals surface area contributed by atoms with Gasteiger partial charge in [0.2, 0.25) is 12.1 Å². The van der Waals surface area contributed by atoms with Crippen LogP contribution in [0.2, 0.25) is 0 Å². The molecule has 0 aliphatic carbocycles. The molecule has 38 heavy (non-hydrogen) atoms. The molecule has 1 N–H and O–H groups in total. The van der Waals surface area contributed by atoms with E-state index in [1.165, 1.54) is 4.90 Å². The molecule has 2 aromatic carbocycles. The highest BCUT2D eigenvalue weighted by Crippen LogP contribution is 2.40. The average molecular weight is 518 g/mol. The SMILES string of the molecule is CCCCOc1ccc(C2/C(=C(\[O-])c3ccc4c(c3)OCCO4)C(=O)C(=O)N2CCC[n+]2cc[nH]c2)cc1. The first-order valence-corrected chi connectivity index (χ1v) is 13.0. The Morgan fingerprint density at radius 3 is 2.63 bits per heavy atom. The number of carbonyl (C=O) groups excluding carboxylic acids is 2. The molecular weight excluding hydrogens is 486 g/mol. The van der Waals surface area contributed by atoms with E-state index in [1.54, 1.807) is 18.2 Å². The molecule has 3 heterocycles. The number of rotatable bonds is 10. The summed E-state index contributed by atoms with van der Waals surface area (Å²) in [5.41, 5.74) is 0.905. The third-order valence-electron chi connectivity index (χ3n) is 6.71. The normalized spacial score (nSPS) is 18.1. The number of amides is 1. The highest BCUT2D eigenvalue weighted by molar-refractivity contribution is 6.46. The second kappa shape index (κ2) is 11.4. The van der Waals surface area contributed by atoms with Gasteiger partial charge in [-0.25, -0.2) is 4.57 Å². The number of imidazole rings is 1.